The van der Waals surface area contributed by atoms with E-state index in [-0.39, 0.29) is 24.6 Å². The van der Waals surface area contributed by atoms with E-state index >= 15 is 0 Å². The van der Waals surface area contributed by atoms with Gasteiger partial charge in [-0.25, -0.2) is 12.8 Å². The summed E-state index contributed by atoms with van der Waals surface area (Å²) in [5.41, 5.74) is 2.06. The van der Waals surface area contributed by atoms with Crippen molar-refractivity contribution in [3.63, 3.8) is 0 Å². The molecular weight excluding hydrogens is 505 g/mol. The number of carbonyl (C=O) groups excluding carboxylic acids is 2. The number of benzene rings is 3. The molecule has 0 bridgehead atoms. The molecule has 2 amide bonds. The number of anilines is 1. The number of hydrogen-bond acceptors (Lipinski definition) is 4. The molecular formula is C29H34FN3O4S. The number of hydrogen-bond donors (Lipinski definition) is 1. The number of nitrogens with one attached hydrogen (secondary N) is 1. The Labute approximate surface area is 224 Å². The minimum absolute atomic E-state index is 0.169. The van der Waals surface area contributed by atoms with Crippen molar-refractivity contribution >= 4 is 27.5 Å². The molecule has 7 nitrogen and oxygen atoms in total. The molecule has 0 aliphatic rings. The third-order valence-electron chi connectivity index (χ3n) is 6.06. The summed E-state index contributed by atoms with van der Waals surface area (Å²) in [7, 11) is -3.86. The minimum atomic E-state index is -3.86. The maximum atomic E-state index is 14.7. The van der Waals surface area contributed by atoms with Gasteiger partial charge in [-0.1, -0.05) is 66.7 Å². The highest BCUT2D eigenvalue weighted by atomic mass is 32.2. The predicted molar refractivity (Wildman–Crippen MR) is 148 cm³/mol. The van der Waals surface area contributed by atoms with Gasteiger partial charge in [0.05, 0.1) is 11.9 Å². The number of nitrogens with zero attached hydrogens (tertiary/aromatic N) is 2. The SMILES string of the molecule is Cc1ccccc1N(CC(=O)N(Cc1ccccc1F)C(Cc1ccccc1)C(=O)NC(C)C)S(C)(=O)=O. The fraction of sp³-hybridized carbons (Fsp3) is 0.310. The lowest BCUT2D eigenvalue weighted by Crippen LogP contribution is -2.54. The van der Waals surface area contributed by atoms with Gasteiger partial charge < -0.3 is 10.2 Å². The monoisotopic (exact) mass is 539 g/mol. The maximum Gasteiger partial charge on any atom is 0.244 e. The van der Waals surface area contributed by atoms with Crippen molar-refractivity contribution in [1.29, 1.82) is 0 Å². The molecule has 1 unspecified atom stereocenters. The van der Waals surface area contributed by atoms with Crippen molar-refractivity contribution in [2.24, 2.45) is 0 Å². The molecule has 0 spiro atoms. The molecule has 0 heterocycles. The molecule has 0 aliphatic heterocycles. The topological polar surface area (TPSA) is 86.8 Å². The Bertz CT molecular complexity index is 1360. The number of halogens is 1. The van der Waals surface area contributed by atoms with Gasteiger partial charge in [-0.15, -0.1) is 0 Å². The largest absolute Gasteiger partial charge is 0.352 e. The lowest BCUT2D eigenvalue weighted by Gasteiger charge is -2.34. The molecule has 3 aromatic rings. The molecule has 0 aromatic heterocycles. The van der Waals surface area contributed by atoms with Crippen LogP contribution in [0.4, 0.5) is 10.1 Å². The standard InChI is InChI=1S/C29H34FN3O4S/c1-21(2)31-29(35)27(18-23-13-6-5-7-14-23)32(19-24-15-9-10-16-25(24)30)28(34)20-33(38(4,36)37)26-17-11-8-12-22(26)3/h5-17,21,27H,18-20H2,1-4H3,(H,31,35). The molecule has 0 radical (unpaired) electrons. The van der Waals surface area contributed by atoms with Crippen molar-refractivity contribution in [3.05, 3.63) is 101 Å². The fourth-order valence-electron chi connectivity index (χ4n) is 4.18. The van der Waals surface area contributed by atoms with Crippen molar-refractivity contribution in [2.75, 3.05) is 17.1 Å². The lowest BCUT2D eigenvalue weighted by atomic mass is 10.0. The number of para-hydroxylation sites is 1. The average molecular weight is 540 g/mol. The smallest absolute Gasteiger partial charge is 0.244 e. The van der Waals surface area contributed by atoms with Gasteiger partial charge in [-0.2, -0.15) is 0 Å². The van der Waals surface area contributed by atoms with Gasteiger partial charge in [0, 0.05) is 24.6 Å². The van der Waals surface area contributed by atoms with Gasteiger partial charge in [-0.05, 0) is 44.0 Å². The second kappa shape index (κ2) is 12.7. The summed E-state index contributed by atoms with van der Waals surface area (Å²) in [5, 5.41) is 2.86. The van der Waals surface area contributed by atoms with Crippen LogP contribution in [-0.2, 0) is 32.6 Å². The molecule has 3 aromatic carbocycles. The molecule has 0 saturated carbocycles. The number of carbonyl (C=O) groups is 2. The zero-order chi connectivity index (χ0) is 27.9. The van der Waals surface area contributed by atoms with Gasteiger partial charge >= 0.3 is 0 Å². The van der Waals surface area contributed by atoms with E-state index in [4.69, 9.17) is 0 Å². The molecule has 0 aliphatic carbocycles. The van der Waals surface area contributed by atoms with Gasteiger partial charge in [-0.3, -0.25) is 13.9 Å². The molecule has 202 valence electrons. The van der Waals surface area contributed by atoms with E-state index in [0.29, 0.717) is 11.3 Å². The van der Waals surface area contributed by atoms with Crippen LogP contribution in [0.2, 0.25) is 0 Å². The molecule has 0 fully saturated rings. The maximum absolute atomic E-state index is 14.7. The summed E-state index contributed by atoms with van der Waals surface area (Å²) >= 11 is 0. The van der Waals surface area contributed by atoms with E-state index in [1.165, 1.54) is 11.0 Å². The van der Waals surface area contributed by atoms with E-state index in [1.54, 1.807) is 49.4 Å². The summed E-state index contributed by atoms with van der Waals surface area (Å²) in [6, 6.07) is 20.9. The molecule has 0 saturated heterocycles. The van der Waals surface area contributed by atoms with Crippen LogP contribution < -0.4 is 9.62 Å². The van der Waals surface area contributed by atoms with Crippen LogP contribution >= 0.6 is 0 Å². The molecule has 1 atom stereocenters. The number of rotatable bonds is 11. The minimum Gasteiger partial charge on any atom is -0.352 e. The zero-order valence-electron chi connectivity index (χ0n) is 22.1. The third kappa shape index (κ3) is 7.64. The molecule has 38 heavy (non-hydrogen) atoms. The molecule has 1 N–H and O–H groups in total. The first-order chi connectivity index (χ1) is 18.0. The number of aryl methyl sites for hydroxylation is 1. The summed E-state index contributed by atoms with van der Waals surface area (Å²) in [4.78, 5) is 28.7. The fourth-order valence-corrected chi connectivity index (χ4v) is 5.09. The Morgan fingerprint density at radius 1 is 0.921 bits per heavy atom. The predicted octanol–water partition coefficient (Wildman–Crippen LogP) is 4.06. The Kier molecular flexibility index (Phi) is 9.63. The third-order valence-corrected chi connectivity index (χ3v) is 7.19. The van der Waals surface area contributed by atoms with Crippen LogP contribution in [0.1, 0.15) is 30.5 Å². The Morgan fingerprint density at radius 2 is 1.53 bits per heavy atom. The van der Waals surface area contributed by atoms with Crippen LogP contribution in [0, 0.1) is 12.7 Å². The summed E-state index contributed by atoms with van der Waals surface area (Å²) in [6.07, 6.45) is 1.20. The van der Waals surface area contributed by atoms with Crippen molar-refractivity contribution < 1.29 is 22.4 Å². The summed E-state index contributed by atoms with van der Waals surface area (Å²) in [6.45, 7) is 4.62. The summed E-state index contributed by atoms with van der Waals surface area (Å²) < 4.78 is 41.4. The van der Waals surface area contributed by atoms with E-state index < -0.39 is 40.2 Å². The van der Waals surface area contributed by atoms with E-state index in [2.05, 4.69) is 5.32 Å². The normalized spacial score (nSPS) is 12.2. The second-order valence-corrected chi connectivity index (χ2v) is 11.4. The van der Waals surface area contributed by atoms with Crippen LogP contribution in [0.15, 0.2) is 78.9 Å². The first kappa shape index (κ1) is 28.8. The van der Waals surface area contributed by atoms with Crippen molar-refractivity contribution in [3.8, 4) is 0 Å². The number of amides is 2. The zero-order valence-corrected chi connectivity index (χ0v) is 22.9. The van der Waals surface area contributed by atoms with Crippen molar-refractivity contribution in [2.45, 2.75) is 45.8 Å². The van der Waals surface area contributed by atoms with Crippen LogP contribution in [0.25, 0.3) is 0 Å². The lowest BCUT2D eigenvalue weighted by molar-refractivity contribution is -0.140. The van der Waals surface area contributed by atoms with E-state index in [0.717, 1.165) is 16.1 Å². The summed E-state index contributed by atoms with van der Waals surface area (Å²) in [5.74, 6) is -1.55. The molecule has 3 rings (SSSR count). The highest BCUT2D eigenvalue weighted by Gasteiger charge is 2.33. The number of sulfonamides is 1. The average Bonchev–Trinajstić information content (AvgIpc) is 2.85. The first-order valence-electron chi connectivity index (χ1n) is 12.4. The van der Waals surface area contributed by atoms with Crippen LogP contribution in [0.5, 0.6) is 0 Å². The van der Waals surface area contributed by atoms with Crippen LogP contribution in [-0.4, -0.2) is 50.0 Å². The highest BCUT2D eigenvalue weighted by Crippen LogP contribution is 2.24. The Hall–Kier alpha value is -3.72. The van der Waals surface area contributed by atoms with Gasteiger partial charge in [0.2, 0.25) is 21.8 Å². The second-order valence-electron chi connectivity index (χ2n) is 9.54. The quantitative estimate of drug-likeness (QED) is 0.398. The van der Waals surface area contributed by atoms with Gasteiger partial charge in [0.25, 0.3) is 0 Å². The Balaban J connectivity index is 2.08. The highest BCUT2D eigenvalue weighted by molar-refractivity contribution is 7.92. The van der Waals surface area contributed by atoms with Crippen molar-refractivity contribution in [1.82, 2.24) is 10.2 Å². The van der Waals surface area contributed by atoms with Crippen LogP contribution in [0.3, 0.4) is 0 Å². The molecule has 9 heteroatoms. The van der Waals surface area contributed by atoms with Gasteiger partial charge in [0.1, 0.15) is 18.4 Å². The Morgan fingerprint density at radius 3 is 2.13 bits per heavy atom. The first-order valence-corrected chi connectivity index (χ1v) is 14.2. The van der Waals surface area contributed by atoms with E-state index in [9.17, 15) is 22.4 Å². The van der Waals surface area contributed by atoms with E-state index in [1.807, 2.05) is 44.2 Å². The van der Waals surface area contributed by atoms with Gasteiger partial charge in [0.15, 0.2) is 0 Å².